The lowest BCUT2D eigenvalue weighted by molar-refractivity contribution is -0.331. The van der Waals surface area contributed by atoms with Gasteiger partial charge in [0.15, 0.2) is 49.2 Å². The summed E-state index contributed by atoms with van der Waals surface area (Å²) in [6, 6.07) is 48.3. The summed E-state index contributed by atoms with van der Waals surface area (Å²) >= 11 is 0. The van der Waals surface area contributed by atoms with Crippen LogP contribution in [0.25, 0.3) is 0 Å². The molecule has 0 aliphatic carbocycles. The van der Waals surface area contributed by atoms with Gasteiger partial charge >= 0.3 is 35.8 Å². The summed E-state index contributed by atoms with van der Waals surface area (Å²) in [5, 5.41) is 10.9. The van der Waals surface area contributed by atoms with Gasteiger partial charge in [0, 0.05) is 6.92 Å². The average Bonchev–Trinajstić information content (AvgIpc) is 3.43. The Morgan fingerprint density at radius 2 is 0.685 bits per heavy atom. The molecule has 17 nitrogen and oxygen atoms in total. The molecule has 1 N–H and O–H groups in total. The molecule has 0 amide bonds. The SMILES string of the molecule is CC(=O)O[C@H]1[C@H](OCc2ccccc2)O[C@H](CO[C@@H]2O[C@H](CO)[C@H](OC(=O)c3ccccc3)[C@H](OC(=O)c3ccccc3)[C@H]2OC(=O)c2ccccc2)[C@H](OC(=O)c2ccccc2)[C@@H]1OC(=O)c1ccccc1. The van der Waals surface area contributed by atoms with Crippen LogP contribution in [0.2, 0.25) is 0 Å². The largest absolute Gasteiger partial charge is 0.453 e. The molecule has 376 valence electrons. The number of ether oxygens (including phenoxy) is 10. The van der Waals surface area contributed by atoms with Crippen molar-refractivity contribution in [3.8, 4) is 0 Å². The Morgan fingerprint density at radius 1 is 0.384 bits per heavy atom. The zero-order valence-electron chi connectivity index (χ0n) is 39.2. The highest BCUT2D eigenvalue weighted by Crippen LogP contribution is 2.35. The summed E-state index contributed by atoms with van der Waals surface area (Å²) in [7, 11) is 0. The van der Waals surface area contributed by atoms with Crippen molar-refractivity contribution in [3.05, 3.63) is 215 Å². The number of hydrogen-bond donors (Lipinski definition) is 1. The number of carbonyl (C=O) groups is 6. The van der Waals surface area contributed by atoms with E-state index in [2.05, 4.69) is 0 Å². The fraction of sp³-hybridized carbons (Fsp3) is 0.250. The quantitative estimate of drug-likeness (QED) is 0.0698. The molecule has 2 heterocycles. The summed E-state index contributed by atoms with van der Waals surface area (Å²) in [5.41, 5.74) is 1.13. The third-order valence-corrected chi connectivity index (χ3v) is 11.6. The van der Waals surface area contributed by atoms with E-state index < -0.39 is 110 Å². The van der Waals surface area contributed by atoms with Crippen LogP contribution >= 0.6 is 0 Å². The lowest BCUT2D eigenvalue weighted by atomic mass is 9.96. The van der Waals surface area contributed by atoms with Gasteiger partial charge < -0.3 is 52.5 Å². The molecular weight excluding hydrogens is 945 g/mol. The molecule has 17 heteroatoms. The minimum Gasteiger partial charge on any atom is -0.453 e. The highest BCUT2D eigenvalue weighted by Gasteiger charge is 2.56. The van der Waals surface area contributed by atoms with E-state index in [4.69, 9.17) is 47.4 Å². The standard InChI is InChI=1S/C56H50O17/c1-35(58)66-48-47(72-53(62)40-28-16-6-17-29-40)45(70-51(60)38-24-12-4-13-25-38)43(68-55(48)64-33-36-20-8-2-9-21-36)34-65-56-49(73-54(63)41-30-18-7-19-31-41)46(71-52(61)39-26-14-5-15-27-39)44(42(32-57)67-56)69-50(59)37-22-10-3-11-23-37/h2-31,42-49,55-57H,32-34H2,1H3/t42-,43-,44+,45+,46+,47+,48-,49-,55-,56-/m1/s1. The molecule has 0 saturated carbocycles. The Labute approximate surface area is 419 Å². The van der Waals surface area contributed by atoms with Crippen LogP contribution in [0.15, 0.2) is 182 Å². The van der Waals surface area contributed by atoms with Gasteiger partial charge in [-0.1, -0.05) is 121 Å². The first-order valence-electron chi connectivity index (χ1n) is 23.2. The number of carbonyl (C=O) groups excluding carboxylic acids is 6. The number of hydrogen-bond acceptors (Lipinski definition) is 17. The van der Waals surface area contributed by atoms with E-state index >= 15 is 0 Å². The molecule has 6 aromatic carbocycles. The summed E-state index contributed by atoms with van der Waals surface area (Å²) in [6.07, 6.45) is -16.4. The number of benzene rings is 6. The Balaban J connectivity index is 1.19. The van der Waals surface area contributed by atoms with Gasteiger partial charge in [0.05, 0.1) is 47.6 Å². The lowest BCUT2D eigenvalue weighted by Crippen LogP contribution is -2.65. The third kappa shape index (κ3) is 13.3. The molecule has 8 rings (SSSR count). The predicted octanol–water partition coefficient (Wildman–Crippen LogP) is 6.72. The minimum atomic E-state index is -1.79. The number of rotatable bonds is 18. The van der Waals surface area contributed by atoms with Crippen molar-refractivity contribution >= 4 is 35.8 Å². The van der Waals surface area contributed by atoms with E-state index in [9.17, 15) is 33.9 Å². The van der Waals surface area contributed by atoms with Crippen molar-refractivity contribution in [3.63, 3.8) is 0 Å². The average molecular weight is 995 g/mol. The van der Waals surface area contributed by atoms with Crippen molar-refractivity contribution in [1.82, 2.24) is 0 Å². The molecule has 0 unspecified atom stereocenters. The fourth-order valence-corrected chi connectivity index (χ4v) is 8.07. The van der Waals surface area contributed by atoms with Crippen LogP contribution in [0.3, 0.4) is 0 Å². The molecule has 10 atom stereocenters. The maximum absolute atomic E-state index is 14.1. The highest BCUT2D eigenvalue weighted by molar-refractivity contribution is 5.92. The van der Waals surface area contributed by atoms with Gasteiger partial charge in [-0.15, -0.1) is 0 Å². The normalized spacial score (nSPS) is 23.4. The first-order chi connectivity index (χ1) is 35.6. The van der Waals surface area contributed by atoms with E-state index in [1.165, 1.54) is 60.7 Å². The fourth-order valence-electron chi connectivity index (χ4n) is 8.07. The van der Waals surface area contributed by atoms with Crippen LogP contribution in [-0.2, 0) is 58.8 Å². The van der Waals surface area contributed by atoms with Gasteiger partial charge in [-0.3, -0.25) is 4.79 Å². The third-order valence-electron chi connectivity index (χ3n) is 11.6. The first kappa shape index (κ1) is 51.3. The van der Waals surface area contributed by atoms with E-state index in [1.54, 1.807) is 115 Å². The highest BCUT2D eigenvalue weighted by atomic mass is 16.8. The maximum Gasteiger partial charge on any atom is 0.338 e. The molecule has 0 spiro atoms. The first-order valence-corrected chi connectivity index (χ1v) is 23.2. The Hall–Kier alpha value is -8.06. The zero-order chi connectivity index (χ0) is 51.1. The van der Waals surface area contributed by atoms with Crippen LogP contribution in [0.4, 0.5) is 0 Å². The van der Waals surface area contributed by atoms with Crippen LogP contribution in [0, 0.1) is 0 Å². The summed E-state index contributed by atoms with van der Waals surface area (Å²) in [4.78, 5) is 82.8. The van der Waals surface area contributed by atoms with Crippen molar-refractivity contribution in [2.45, 2.75) is 74.9 Å². The molecular formula is C56H50O17. The number of aliphatic hydroxyl groups is 1. The zero-order valence-corrected chi connectivity index (χ0v) is 39.2. The van der Waals surface area contributed by atoms with Gasteiger partial charge in [0.25, 0.3) is 0 Å². The molecule has 2 aliphatic rings. The van der Waals surface area contributed by atoms with Crippen LogP contribution in [0.1, 0.15) is 64.3 Å². The topological polar surface area (TPSA) is 215 Å². The molecule has 2 saturated heterocycles. The van der Waals surface area contributed by atoms with E-state index in [0.717, 1.165) is 6.92 Å². The summed E-state index contributed by atoms with van der Waals surface area (Å²) in [5.74, 6) is -5.36. The molecule has 0 bridgehead atoms. The molecule has 73 heavy (non-hydrogen) atoms. The van der Waals surface area contributed by atoms with Gasteiger partial charge in [-0.2, -0.15) is 0 Å². The lowest BCUT2D eigenvalue weighted by Gasteiger charge is -2.46. The minimum absolute atomic E-state index is 0.0676. The smallest absolute Gasteiger partial charge is 0.338 e. The molecule has 2 fully saturated rings. The van der Waals surface area contributed by atoms with E-state index in [-0.39, 0.29) is 34.4 Å². The molecule has 6 aromatic rings. The second-order valence-corrected chi connectivity index (χ2v) is 16.7. The second kappa shape index (κ2) is 24.9. The van der Waals surface area contributed by atoms with Gasteiger partial charge in [0.2, 0.25) is 0 Å². The van der Waals surface area contributed by atoms with Crippen molar-refractivity contribution in [2.75, 3.05) is 13.2 Å². The number of esters is 6. The number of aliphatic hydroxyl groups excluding tert-OH is 1. The van der Waals surface area contributed by atoms with Crippen molar-refractivity contribution < 1.29 is 81.2 Å². The van der Waals surface area contributed by atoms with Gasteiger partial charge in [-0.05, 0) is 66.2 Å². The Bertz CT molecular complexity index is 2770. The van der Waals surface area contributed by atoms with E-state index in [1.807, 2.05) is 6.07 Å². The Morgan fingerprint density at radius 3 is 1.05 bits per heavy atom. The summed E-state index contributed by atoms with van der Waals surface area (Å²) in [6.45, 7) is -0.506. The van der Waals surface area contributed by atoms with Crippen LogP contribution < -0.4 is 0 Å². The summed E-state index contributed by atoms with van der Waals surface area (Å²) < 4.78 is 61.9. The predicted molar refractivity (Wildman–Crippen MR) is 255 cm³/mol. The van der Waals surface area contributed by atoms with E-state index in [0.29, 0.717) is 5.56 Å². The van der Waals surface area contributed by atoms with Crippen LogP contribution in [0.5, 0.6) is 0 Å². The van der Waals surface area contributed by atoms with Crippen LogP contribution in [-0.4, -0.2) is 116 Å². The monoisotopic (exact) mass is 994 g/mol. The molecule has 0 aromatic heterocycles. The second-order valence-electron chi connectivity index (χ2n) is 16.7. The maximum atomic E-state index is 14.1. The van der Waals surface area contributed by atoms with Crippen molar-refractivity contribution in [1.29, 1.82) is 0 Å². The van der Waals surface area contributed by atoms with Crippen molar-refractivity contribution in [2.24, 2.45) is 0 Å². The Kier molecular flexibility index (Phi) is 17.5. The molecule has 0 radical (unpaired) electrons. The van der Waals surface area contributed by atoms with Gasteiger partial charge in [-0.25, -0.2) is 24.0 Å². The van der Waals surface area contributed by atoms with Gasteiger partial charge in [0.1, 0.15) is 12.2 Å². The molecule has 2 aliphatic heterocycles.